The Hall–Kier alpha value is -3.44. The number of hydrogen-bond donors (Lipinski definition) is 1. The van der Waals surface area contributed by atoms with Crippen molar-refractivity contribution in [3.63, 3.8) is 0 Å². The molecular formula is C23H17ClN4O. The van der Waals surface area contributed by atoms with Crippen LogP contribution in [-0.4, -0.2) is 20.2 Å². The molecule has 5 aromatic rings. The molecule has 0 radical (unpaired) electrons. The average molecular weight is 401 g/mol. The number of aryl methyl sites for hydroxylation is 2. The summed E-state index contributed by atoms with van der Waals surface area (Å²) >= 11 is 5.95. The summed E-state index contributed by atoms with van der Waals surface area (Å²) in [5.74, 6) is 1.78. The van der Waals surface area contributed by atoms with E-state index in [1.54, 1.807) is 12.1 Å². The SMILES string of the molecule is Cc1cccc(C)c1-c1nc2ccc(-c3nnc(-c4ccc(Cl)cc4)o3)cc2[nH]1. The molecule has 0 aliphatic carbocycles. The van der Waals surface area contributed by atoms with Gasteiger partial charge in [0.1, 0.15) is 5.82 Å². The largest absolute Gasteiger partial charge is 0.416 e. The summed E-state index contributed by atoms with van der Waals surface area (Å²) in [6.07, 6.45) is 0. The monoisotopic (exact) mass is 400 g/mol. The standard InChI is InChI=1S/C23H17ClN4O/c1-13-4-3-5-14(2)20(13)21-25-18-11-8-16(12-19(18)26-21)23-28-27-22(29-23)15-6-9-17(24)10-7-15/h3-12H,1-2H3,(H,25,26). The van der Waals surface area contributed by atoms with E-state index in [9.17, 15) is 0 Å². The molecule has 5 nitrogen and oxygen atoms in total. The lowest BCUT2D eigenvalue weighted by atomic mass is 10.0. The molecular weight excluding hydrogens is 384 g/mol. The maximum absolute atomic E-state index is 5.95. The van der Waals surface area contributed by atoms with Gasteiger partial charge < -0.3 is 9.40 Å². The first kappa shape index (κ1) is 17.6. The summed E-state index contributed by atoms with van der Waals surface area (Å²) in [5, 5.41) is 9.03. The highest BCUT2D eigenvalue weighted by Crippen LogP contribution is 2.30. The molecule has 0 atom stereocenters. The first-order valence-corrected chi connectivity index (χ1v) is 9.62. The molecule has 0 fully saturated rings. The molecule has 0 aliphatic heterocycles. The minimum Gasteiger partial charge on any atom is -0.416 e. The van der Waals surface area contributed by atoms with E-state index in [0.717, 1.165) is 33.5 Å². The molecule has 0 saturated carbocycles. The Bertz CT molecular complexity index is 1310. The zero-order valence-corrected chi connectivity index (χ0v) is 16.7. The average Bonchev–Trinajstić information content (AvgIpc) is 3.35. The third kappa shape index (κ3) is 3.19. The number of halogens is 1. The van der Waals surface area contributed by atoms with Crippen LogP contribution in [0.2, 0.25) is 5.02 Å². The molecule has 0 unspecified atom stereocenters. The molecule has 5 rings (SSSR count). The Morgan fingerprint density at radius 2 is 1.48 bits per heavy atom. The second-order valence-electron chi connectivity index (χ2n) is 7.00. The predicted molar refractivity (Wildman–Crippen MR) is 115 cm³/mol. The van der Waals surface area contributed by atoms with E-state index in [1.807, 2.05) is 30.3 Å². The van der Waals surface area contributed by atoms with Gasteiger partial charge in [0.05, 0.1) is 11.0 Å². The number of nitrogens with one attached hydrogen (secondary N) is 1. The van der Waals surface area contributed by atoms with Gasteiger partial charge in [-0.15, -0.1) is 10.2 Å². The van der Waals surface area contributed by atoms with Crippen molar-refractivity contribution in [3.05, 3.63) is 76.8 Å². The molecule has 3 aromatic carbocycles. The number of imidazole rings is 1. The Morgan fingerprint density at radius 1 is 0.828 bits per heavy atom. The third-order valence-electron chi connectivity index (χ3n) is 4.96. The molecule has 0 amide bonds. The van der Waals surface area contributed by atoms with Crippen molar-refractivity contribution in [2.45, 2.75) is 13.8 Å². The van der Waals surface area contributed by atoms with E-state index in [4.69, 9.17) is 21.0 Å². The fourth-order valence-electron chi connectivity index (χ4n) is 3.50. The second kappa shape index (κ2) is 6.87. The highest BCUT2D eigenvalue weighted by atomic mass is 35.5. The van der Waals surface area contributed by atoms with Gasteiger partial charge in [-0.1, -0.05) is 29.8 Å². The Balaban J connectivity index is 1.53. The van der Waals surface area contributed by atoms with Gasteiger partial charge in [0.2, 0.25) is 11.8 Å². The molecule has 2 heterocycles. The highest BCUT2D eigenvalue weighted by Gasteiger charge is 2.14. The molecule has 142 valence electrons. The molecule has 0 spiro atoms. The number of aromatic nitrogens is 4. The van der Waals surface area contributed by atoms with Crippen LogP contribution in [0.5, 0.6) is 0 Å². The topological polar surface area (TPSA) is 67.6 Å². The zero-order chi connectivity index (χ0) is 20.0. The summed E-state index contributed by atoms with van der Waals surface area (Å²) in [7, 11) is 0. The molecule has 29 heavy (non-hydrogen) atoms. The van der Waals surface area contributed by atoms with E-state index in [1.165, 1.54) is 11.1 Å². The van der Waals surface area contributed by atoms with Crippen LogP contribution in [0.1, 0.15) is 11.1 Å². The van der Waals surface area contributed by atoms with Gasteiger partial charge in [-0.25, -0.2) is 4.98 Å². The lowest BCUT2D eigenvalue weighted by Crippen LogP contribution is -1.89. The van der Waals surface area contributed by atoms with Gasteiger partial charge in [-0.3, -0.25) is 0 Å². The van der Waals surface area contributed by atoms with Gasteiger partial charge in [-0.05, 0) is 67.4 Å². The second-order valence-corrected chi connectivity index (χ2v) is 7.44. The minimum atomic E-state index is 0.456. The van der Waals surface area contributed by atoms with Crippen molar-refractivity contribution < 1.29 is 4.42 Å². The van der Waals surface area contributed by atoms with Crippen LogP contribution in [0.3, 0.4) is 0 Å². The van der Waals surface area contributed by atoms with Crippen LogP contribution >= 0.6 is 11.6 Å². The molecule has 0 aliphatic rings. The van der Waals surface area contributed by atoms with Crippen molar-refractivity contribution in [2.75, 3.05) is 0 Å². The maximum atomic E-state index is 5.95. The van der Waals surface area contributed by atoms with E-state index < -0.39 is 0 Å². The molecule has 0 saturated heterocycles. The minimum absolute atomic E-state index is 0.456. The first-order chi connectivity index (χ1) is 14.1. The van der Waals surface area contributed by atoms with Crippen LogP contribution in [0.4, 0.5) is 0 Å². The summed E-state index contributed by atoms with van der Waals surface area (Å²) in [6.45, 7) is 4.19. The number of nitrogens with zero attached hydrogens (tertiary/aromatic N) is 3. The van der Waals surface area contributed by atoms with Crippen molar-refractivity contribution in [3.8, 4) is 34.3 Å². The Kier molecular flexibility index (Phi) is 4.18. The van der Waals surface area contributed by atoms with Gasteiger partial charge in [0.25, 0.3) is 0 Å². The fourth-order valence-corrected chi connectivity index (χ4v) is 3.62. The smallest absolute Gasteiger partial charge is 0.248 e. The van der Waals surface area contributed by atoms with Crippen LogP contribution in [-0.2, 0) is 0 Å². The number of fused-ring (bicyclic) bond motifs is 1. The van der Waals surface area contributed by atoms with Gasteiger partial charge in [0.15, 0.2) is 0 Å². The number of hydrogen-bond acceptors (Lipinski definition) is 4. The zero-order valence-electron chi connectivity index (χ0n) is 15.9. The summed E-state index contributed by atoms with van der Waals surface area (Å²) in [5.41, 5.74) is 6.99. The third-order valence-corrected chi connectivity index (χ3v) is 5.21. The highest BCUT2D eigenvalue weighted by molar-refractivity contribution is 6.30. The summed E-state index contributed by atoms with van der Waals surface area (Å²) in [6, 6.07) is 19.4. The van der Waals surface area contributed by atoms with Gasteiger partial charge in [-0.2, -0.15) is 0 Å². The van der Waals surface area contributed by atoms with E-state index in [2.05, 4.69) is 47.2 Å². The van der Waals surface area contributed by atoms with Gasteiger partial charge >= 0.3 is 0 Å². The van der Waals surface area contributed by atoms with Gasteiger partial charge in [0, 0.05) is 21.7 Å². The number of H-pyrrole nitrogens is 1. The van der Waals surface area contributed by atoms with Crippen molar-refractivity contribution in [2.24, 2.45) is 0 Å². The number of rotatable bonds is 3. The van der Waals surface area contributed by atoms with E-state index in [0.29, 0.717) is 16.8 Å². The van der Waals surface area contributed by atoms with E-state index in [-0.39, 0.29) is 0 Å². The lowest BCUT2D eigenvalue weighted by molar-refractivity contribution is 0.584. The van der Waals surface area contributed by atoms with E-state index >= 15 is 0 Å². The number of benzene rings is 3. The number of aromatic amines is 1. The Labute approximate surface area is 172 Å². The molecule has 1 N–H and O–H groups in total. The first-order valence-electron chi connectivity index (χ1n) is 9.25. The van der Waals surface area contributed by atoms with Crippen LogP contribution < -0.4 is 0 Å². The molecule has 6 heteroatoms. The normalized spacial score (nSPS) is 11.3. The quantitative estimate of drug-likeness (QED) is 0.390. The Morgan fingerprint density at radius 3 is 2.21 bits per heavy atom. The van der Waals surface area contributed by atoms with Crippen molar-refractivity contribution >= 4 is 22.6 Å². The predicted octanol–water partition coefficient (Wildman–Crippen LogP) is 6.22. The summed E-state index contributed by atoms with van der Waals surface area (Å²) < 4.78 is 5.87. The van der Waals surface area contributed by atoms with Crippen molar-refractivity contribution in [1.82, 2.24) is 20.2 Å². The molecule has 0 bridgehead atoms. The van der Waals surface area contributed by atoms with Crippen LogP contribution in [0.15, 0.2) is 65.1 Å². The lowest BCUT2D eigenvalue weighted by Gasteiger charge is -2.05. The molecule has 2 aromatic heterocycles. The summed E-state index contributed by atoms with van der Waals surface area (Å²) in [4.78, 5) is 8.20. The fraction of sp³-hybridized carbons (Fsp3) is 0.0870. The van der Waals surface area contributed by atoms with Crippen molar-refractivity contribution in [1.29, 1.82) is 0 Å². The van der Waals surface area contributed by atoms with Crippen LogP contribution in [0, 0.1) is 13.8 Å². The maximum Gasteiger partial charge on any atom is 0.248 e. The van der Waals surface area contributed by atoms with Crippen LogP contribution in [0.25, 0.3) is 45.3 Å².